The van der Waals surface area contributed by atoms with E-state index in [9.17, 15) is 8.42 Å². The van der Waals surface area contributed by atoms with E-state index in [0.717, 1.165) is 21.3 Å². The van der Waals surface area contributed by atoms with E-state index in [1.54, 1.807) is 29.1 Å². The Morgan fingerprint density at radius 3 is 2.56 bits per heavy atom. The van der Waals surface area contributed by atoms with Gasteiger partial charge in [0.2, 0.25) is 10.0 Å². The third-order valence-electron chi connectivity index (χ3n) is 3.85. The lowest BCUT2D eigenvalue weighted by molar-refractivity contribution is 0.581. The highest BCUT2D eigenvalue weighted by molar-refractivity contribution is 9.10. The van der Waals surface area contributed by atoms with Crippen LogP contribution in [0.4, 0.5) is 0 Å². The first kappa shape index (κ1) is 17.8. The van der Waals surface area contributed by atoms with Gasteiger partial charge in [0.1, 0.15) is 0 Å². The number of sulfonamides is 1. The molecule has 1 aromatic heterocycles. The molecule has 0 amide bonds. The fourth-order valence-electron chi connectivity index (χ4n) is 2.43. The number of aromatic nitrogens is 2. The van der Waals surface area contributed by atoms with Crippen LogP contribution in [0.25, 0.3) is 5.69 Å². The van der Waals surface area contributed by atoms with E-state index in [1.165, 1.54) is 0 Å². The van der Waals surface area contributed by atoms with Gasteiger partial charge in [-0.1, -0.05) is 28.1 Å². The molecule has 3 aromatic rings. The fraction of sp³-hybridized carbons (Fsp3) is 0.167. The van der Waals surface area contributed by atoms with Crippen LogP contribution in [0.3, 0.4) is 0 Å². The molecule has 0 aliphatic carbocycles. The molecule has 0 spiro atoms. The highest BCUT2D eigenvalue weighted by Crippen LogP contribution is 2.20. The van der Waals surface area contributed by atoms with Gasteiger partial charge in [0, 0.05) is 23.4 Å². The molecule has 2 aromatic carbocycles. The average Bonchev–Trinajstić information content (AvgIpc) is 3.12. The van der Waals surface area contributed by atoms with E-state index in [-0.39, 0.29) is 4.90 Å². The summed E-state index contributed by atoms with van der Waals surface area (Å²) >= 11 is 3.38. The van der Waals surface area contributed by atoms with Gasteiger partial charge in [0.15, 0.2) is 0 Å². The maximum absolute atomic E-state index is 12.4. The average molecular weight is 420 g/mol. The van der Waals surface area contributed by atoms with E-state index in [1.807, 2.05) is 43.5 Å². The minimum absolute atomic E-state index is 0.280. The molecule has 7 heteroatoms. The molecule has 25 heavy (non-hydrogen) atoms. The summed E-state index contributed by atoms with van der Waals surface area (Å²) in [7, 11) is -3.50. The van der Waals surface area contributed by atoms with Gasteiger partial charge in [0.25, 0.3) is 0 Å². The highest BCUT2D eigenvalue weighted by atomic mass is 79.9. The van der Waals surface area contributed by atoms with Crippen molar-refractivity contribution in [3.8, 4) is 5.69 Å². The summed E-state index contributed by atoms with van der Waals surface area (Å²) in [4.78, 5) is 0.280. The first-order chi connectivity index (χ1) is 12.0. The minimum Gasteiger partial charge on any atom is -0.241 e. The van der Waals surface area contributed by atoms with Crippen molar-refractivity contribution < 1.29 is 8.42 Å². The standard InChI is InChI=1S/C18H18BrN3O2S/c1-14-13-17(7-8-18(14)19)25(23,24)21-11-9-15-3-5-16(6-4-15)22-12-2-10-20-22/h2-8,10,12-13,21H,9,11H2,1H3. The van der Waals surface area contributed by atoms with Crippen molar-refractivity contribution in [3.63, 3.8) is 0 Å². The van der Waals surface area contributed by atoms with Crippen LogP contribution in [0.1, 0.15) is 11.1 Å². The van der Waals surface area contributed by atoms with Crippen molar-refractivity contribution in [2.24, 2.45) is 0 Å². The molecule has 1 heterocycles. The van der Waals surface area contributed by atoms with E-state index >= 15 is 0 Å². The second-order valence-corrected chi connectivity index (χ2v) is 8.30. The zero-order chi connectivity index (χ0) is 17.9. The maximum atomic E-state index is 12.4. The molecule has 0 saturated heterocycles. The van der Waals surface area contributed by atoms with Gasteiger partial charge in [-0.2, -0.15) is 5.10 Å². The van der Waals surface area contributed by atoms with Crippen molar-refractivity contribution >= 4 is 26.0 Å². The first-order valence-corrected chi connectivity index (χ1v) is 10.1. The lowest BCUT2D eigenvalue weighted by Gasteiger charge is -2.09. The smallest absolute Gasteiger partial charge is 0.240 e. The van der Waals surface area contributed by atoms with Gasteiger partial charge in [-0.3, -0.25) is 0 Å². The molecule has 0 radical (unpaired) electrons. The van der Waals surface area contributed by atoms with Gasteiger partial charge in [-0.15, -0.1) is 0 Å². The maximum Gasteiger partial charge on any atom is 0.240 e. The van der Waals surface area contributed by atoms with Crippen molar-refractivity contribution in [2.45, 2.75) is 18.2 Å². The van der Waals surface area contributed by atoms with E-state index < -0.39 is 10.0 Å². The number of halogens is 1. The molecule has 0 atom stereocenters. The van der Waals surface area contributed by atoms with Gasteiger partial charge in [-0.25, -0.2) is 17.8 Å². The second-order valence-electron chi connectivity index (χ2n) is 5.68. The summed E-state index contributed by atoms with van der Waals surface area (Å²) in [6.45, 7) is 2.21. The highest BCUT2D eigenvalue weighted by Gasteiger charge is 2.14. The molecule has 0 saturated carbocycles. The van der Waals surface area contributed by atoms with Crippen molar-refractivity contribution in [1.29, 1.82) is 0 Å². The van der Waals surface area contributed by atoms with Gasteiger partial charge in [0.05, 0.1) is 10.6 Å². The molecule has 1 N–H and O–H groups in total. The van der Waals surface area contributed by atoms with Gasteiger partial charge in [-0.05, 0) is 60.9 Å². The van der Waals surface area contributed by atoms with Crippen LogP contribution in [0.2, 0.25) is 0 Å². The van der Waals surface area contributed by atoms with Crippen LogP contribution < -0.4 is 4.72 Å². The van der Waals surface area contributed by atoms with E-state index in [2.05, 4.69) is 25.8 Å². The van der Waals surface area contributed by atoms with Crippen molar-refractivity contribution in [2.75, 3.05) is 6.54 Å². The molecular weight excluding hydrogens is 402 g/mol. The third kappa shape index (κ3) is 4.36. The molecule has 0 unspecified atom stereocenters. The number of hydrogen-bond donors (Lipinski definition) is 1. The number of nitrogens with one attached hydrogen (secondary N) is 1. The Kier molecular flexibility index (Phi) is 5.36. The summed E-state index contributed by atoms with van der Waals surface area (Å²) in [6, 6.07) is 14.8. The monoisotopic (exact) mass is 419 g/mol. The summed E-state index contributed by atoms with van der Waals surface area (Å²) in [5.74, 6) is 0. The summed E-state index contributed by atoms with van der Waals surface area (Å²) in [5, 5.41) is 4.18. The molecular formula is C18H18BrN3O2S. The molecule has 130 valence electrons. The van der Waals surface area contributed by atoms with Crippen LogP contribution in [-0.4, -0.2) is 24.7 Å². The Morgan fingerprint density at radius 2 is 1.92 bits per heavy atom. The summed E-state index contributed by atoms with van der Waals surface area (Å²) in [5.41, 5.74) is 2.92. The number of aryl methyl sites for hydroxylation is 1. The Morgan fingerprint density at radius 1 is 1.16 bits per heavy atom. The van der Waals surface area contributed by atoms with Crippen LogP contribution in [0, 0.1) is 6.92 Å². The lowest BCUT2D eigenvalue weighted by atomic mass is 10.1. The molecule has 5 nitrogen and oxygen atoms in total. The van der Waals surface area contributed by atoms with E-state index in [4.69, 9.17) is 0 Å². The van der Waals surface area contributed by atoms with Crippen LogP contribution in [-0.2, 0) is 16.4 Å². The SMILES string of the molecule is Cc1cc(S(=O)(=O)NCCc2ccc(-n3cccn3)cc2)ccc1Br. The predicted molar refractivity (Wildman–Crippen MR) is 101 cm³/mol. The molecule has 0 aliphatic heterocycles. The lowest BCUT2D eigenvalue weighted by Crippen LogP contribution is -2.26. The van der Waals surface area contributed by atoms with Crippen molar-refractivity contribution in [1.82, 2.24) is 14.5 Å². The quantitative estimate of drug-likeness (QED) is 0.665. The Labute approximate surface area is 155 Å². The Balaban J connectivity index is 1.61. The van der Waals surface area contributed by atoms with Crippen LogP contribution in [0.5, 0.6) is 0 Å². The third-order valence-corrected chi connectivity index (χ3v) is 6.20. The van der Waals surface area contributed by atoms with Gasteiger partial charge >= 0.3 is 0 Å². The number of benzene rings is 2. The largest absolute Gasteiger partial charge is 0.241 e. The topological polar surface area (TPSA) is 64.0 Å². The second kappa shape index (κ2) is 7.51. The minimum atomic E-state index is -3.50. The normalized spacial score (nSPS) is 11.6. The molecule has 0 fully saturated rings. The summed E-state index contributed by atoms with van der Waals surface area (Å²) in [6.07, 6.45) is 4.23. The Bertz CT molecular complexity index is 952. The first-order valence-electron chi connectivity index (χ1n) is 7.80. The fourth-order valence-corrected chi connectivity index (χ4v) is 3.80. The number of rotatable bonds is 6. The zero-order valence-electron chi connectivity index (χ0n) is 13.7. The van der Waals surface area contributed by atoms with Crippen LogP contribution in [0.15, 0.2) is 70.3 Å². The predicted octanol–water partition coefficient (Wildman–Crippen LogP) is 3.46. The zero-order valence-corrected chi connectivity index (χ0v) is 16.1. The molecule has 0 aliphatic rings. The van der Waals surface area contributed by atoms with Crippen molar-refractivity contribution in [3.05, 3.63) is 76.5 Å². The van der Waals surface area contributed by atoms with Gasteiger partial charge < -0.3 is 0 Å². The number of hydrogen-bond acceptors (Lipinski definition) is 3. The van der Waals surface area contributed by atoms with E-state index in [0.29, 0.717) is 13.0 Å². The summed E-state index contributed by atoms with van der Waals surface area (Å²) < 4.78 is 30.0. The number of nitrogens with zero attached hydrogens (tertiary/aromatic N) is 2. The molecule has 0 bridgehead atoms. The molecule has 3 rings (SSSR count). The van der Waals surface area contributed by atoms with Crippen LogP contribution >= 0.6 is 15.9 Å². The Hall–Kier alpha value is -1.96.